The summed E-state index contributed by atoms with van der Waals surface area (Å²) in [5, 5.41) is 4.08. The van der Waals surface area contributed by atoms with Gasteiger partial charge in [0.05, 0.1) is 11.8 Å². The van der Waals surface area contributed by atoms with Crippen LogP contribution in [0.4, 0.5) is 0 Å². The molecule has 0 bridgehead atoms. The summed E-state index contributed by atoms with van der Waals surface area (Å²) < 4.78 is 28.7. The van der Waals surface area contributed by atoms with E-state index in [0.717, 1.165) is 35.7 Å². The standard InChI is InChI=1S/C12H16N2O3S/c1-13-8-7-10-9-14(17-18(2,15)16)12-6-4-3-5-11(10)12/h3-6,9,13H,7-8H2,1-2H3. The molecule has 5 nitrogen and oxygen atoms in total. The van der Waals surface area contributed by atoms with Crippen molar-refractivity contribution in [3.8, 4) is 0 Å². The molecular weight excluding hydrogens is 252 g/mol. The molecule has 1 N–H and O–H groups in total. The predicted octanol–water partition coefficient (Wildman–Crippen LogP) is 0.791. The average Bonchev–Trinajstić information content (AvgIpc) is 2.63. The number of nitrogens with one attached hydrogen (secondary N) is 1. The molecule has 0 atom stereocenters. The summed E-state index contributed by atoms with van der Waals surface area (Å²) >= 11 is 0. The third-order valence-corrected chi connectivity index (χ3v) is 3.05. The van der Waals surface area contributed by atoms with Gasteiger partial charge in [-0.3, -0.25) is 4.28 Å². The van der Waals surface area contributed by atoms with E-state index >= 15 is 0 Å². The van der Waals surface area contributed by atoms with Gasteiger partial charge in [-0.05, 0) is 31.6 Å². The van der Waals surface area contributed by atoms with E-state index in [0.29, 0.717) is 0 Å². The molecular formula is C12H16N2O3S. The molecule has 1 aromatic heterocycles. The summed E-state index contributed by atoms with van der Waals surface area (Å²) in [7, 11) is -1.65. The van der Waals surface area contributed by atoms with Crippen LogP contribution < -0.4 is 9.60 Å². The predicted molar refractivity (Wildman–Crippen MR) is 71.0 cm³/mol. The van der Waals surface area contributed by atoms with Gasteiger partial charge >= 0.3 is 10.1 Å². The first-order valence-electron chi connectivity index (χ1n) is 5.65. The van der Waals surface area contributed by atoms with Crippen molar-refractivity contribution < 1.29 is 12.7 Å². The second-order valence-corrected chi connectivity index (χ2v) is 5.69. The molecule has 18 heavy (non-hydrogen) atoms. The van der Waals surface area contributed by atoms with E-state index in [9.17, 15) is 8.42 Å². The van der Waals surface area contributed by atoms with Gasteiger partial charge in [-0.15, -0.1) is 0 Å². The van der Waals surface area contributed by atoms with E-state index in [2.05, 4.69) is 5.32 Å². The van der Waals surface area contributed by atoms with Crippen molar-refractivity contribution in [1.29, 1.82) is 0 Å². The first kappa shape index (κ1) is 12.9. The number of likely N-dealkylation sites (N-methyl/N-ethyl adjacent to an activating group) is 1. The molecule has 0 amide bonds. The van der Waals surface area contributed by atoms with Crippen LogP contribution >= 0.6 is 0 Å². The molecule has 6 heteroatoms. The fraction of sp³-hybridized carbons (Fsp3) is 0.333. The molecule has 0 aliphatic heterocycles. The maximum atomic E-state index is 11.2. The van der Waals surface area contributed by atoms with Crippen molar-refractivity contribution in [1.82, 2.24) is 10.0 Å². The lowest BCUT2D eigenvalue weighted by Gasteiger charge is -2.03. The van der Waals surface area contributed by atoms with Gasteiger partial charge in [0, 0.05) is 11.6 Å². The Balaban J connectivity index is 2.47. The second-order valence-electron chi connectivity index (χ2n) is 4.13. The third kappa shape index (κ3) is 2.83. The first-order valence-corrected chi connectivity index (χ1v) is 7.46. The molecule has 0 aliphatic carbocycles. The van der Waals surface area contributed by atoms with Gasteiger partial charge in [0.1, 0.15) is 0 Å². The van der Waals surface area contributed by atoms with Gasteiger partial charge < -0.3 is 5.32 Å². The minimum absolute atomic E-state index is 0.758. The number of fused-ring (bicyclic) bond motifs is 1. The van der Waals surface area contributed by atoms with E-state index in [1.165, 1.54) is 4.73 Å². The topological polar surface area (TPSA) is 60.3 Å². The lowest BCUT2D eigenvalue weighted by Crippen LogP contribution is -2.17. The summed E-state index contributed by atoms with van der Waals surface area (Å²) in [6, 6.07) is 7.58. The van der Waals surface area contributed by atoms with Crippen LogP contribution in [0.3, 0.4) is 0 Å². The van der Waals surface area contributed by atoms with Crippen LogP contribution in [0.25, 0.3) is 10.9 Å². The van der Waals surface area contributed by atoms with Crippen LogP contribution in [-0.4, -0.2) is 33.0 Å². The minimum Gasteiger partial charge on any atom is -0.319 e. The number of aromatic nitrogens is 1. The summed E-state index contributed by atoms with van der Waals surface area (Å²) in [4.78, 5) is 0. The Bertz CT molecular complexity index is 646. The zero-order valence-corrected chi connectivity index (χ0v) is 11.2. The fourth-order valence-corrected chi connectivity index (χ4v) is 2.30. The number of hydrogen-bond acceptors (Lipinski definition) is 4. The van der Waals surface area contributed by atoms with E-state index in [1.54, 1.807) is 6.20 Å². The van der Waals surface area contributed by atoms with E-state index < -0.39 is 10.1 Å². The van der Waals surface area contributed by atoms with Crippen LogP contribution in [-0.2, 0) is 16.5 Å². The van der Waals surface area contributed by atoms with Gasteiger partial charge in [0.2, 0.25) is 0 Å². The van der Waals surface area contributed by atoms with Crippen LogP contribution in [0.2, 0.25) is 0 Å². The normalized spacial score (nSPS) is 11.9. The smallest absolute Gasteiger partial charge is 0.319 e. The summed E-state index contributed by atoms with van der Waals surface area (Å²) in [5.74, 6) is 0. The average molecular weight is 268 g/mol. The van der Waals surface area contributed by atoms with E-state index in [-0.39, 0.29) is 0 Å². The van der Waals surface area contributed by atoms with Crippen molar-refractivity contribution in [2.75, 3.05) is 19.8 Å². The van der Waals surface area contributed by atoms with E-state index in [1.807, 2.05) is 31.3 Å². The quantitative estimate of drug-likeness (QED) is 0.871. The first-order chi connectivity index (χ1) is 8.51. The number of hydrogen-bond donors (Lipinski definition) is 1. The summed E-state index contributed by atoms with van der Waals surface area (Å²) in [5.41, 5.74) is 1.82. The van der Waals surface area contributed by atoms with E-state index in [4.69, 9.17) is 4.28 Å². The Hall–Kier alpha value is -1.53. The Morgan fingerprint density at radius 1 is 1.33 bits per heavy atom. The molecule has 1 heterocycles. The van der Waals surface area contributed by atoms with Crippen molar-refractivity contribution >= 4 is 21.0 Å². The summed E-state index contributed by atoms with van der Waals surface area (Å²) in [6.45, 7) is 0.826. The van der Waals surface area contributed by atoms with Crippen molar-refractivity contribution in [2.24, 2.45) is 0 Å². The highest BCUT2D eigenvalue weighted by molar-refractivity contribution is 7.86. The molecule has 2 rings (SSSR count). The van der Waals surface area contributed by atoms with Crippen LogP contribution in [0, 0.1) is 0 Å². The van der Waals surface area contributed by atoms with Crippen molar-refractivity contribution in [3.63, 3.8) is 0 Å². The maximum absolute atomic E-state index is 11.2. The molecule has 0 saturated heterocycles. The zero-order valence-electron chi connectivity index (χ0n) is 10.4. The number of rotatable bonds is 5. The SMILES string of the molecule is CNCCc1cn(OS(C)(=O)=O)c2ccccc12. The zero-order chi connectivity index (χ0) is 13.2. The fourth-order valence-electron chi connectivity index (χ4n) is 1.88. The minimum atomic E-state index is -3.53. The van der Waals surface area contributed by atoms with Crippen LogP contribution in [0.5, 0.6) is 0 Å². The van der Waals surface area contributed by atoms with Gasteiger partial charge in [0.25, 0.3) is 0 Å². The third-order valence-electron chi connectivity index (χ3n) is 2.62. The largest absolute Gasteiger partial charge is 0.324 e. The number of nitrogens with zero attached hydrogens (tertiary/aromatic N) is 1. The molecule has 1 aromatic carbocycles. The highest BCUT2D eigenvalue weighted by Crippen LogP contribution is 2.21. The van der Waals surface area contributed by atoms with Crippen LogP contribution in [0.1, 0.15) is 5.56 Å². The molecule has 0 fully saturated rings. The molecule has 0 radical (unpaired) electrons. The molecule has 98 valence electrons. The van der Waals surface area contributed by atoms with Gasteiger partial charge in [-0.25, -0.2) is 0 Å². The number of para-hydroxylation sites is 1. The second kappa shape index (κ2) is 4.99. The molecule has 0 unspecified atom stereocenters. The van der Waals surface area contributed by atoms with Crippen LogP contribution in [0.15, 0.2) is 30.5 Å². The van der Waals surface area contributed by atoms with Gasteiger partial charge in [-0.1, -0.05) is 18.2 Å². The molecule has 0 saturated carbocycles. The molecule has 0 spiro atoms. The maximum Gasteiger partial charge on any atom is 0.324 e. The molecule has 0 aliphatic rings. The Morgan fingerprint density at radius 2 is 2.06 bits per heavy atom. The highest BCUT2D eigenvalue weighted by Gasteiger charge is 2.11. The highest BCUT2D eigenvalue weighted by atomic mass is 32.2. The van der Waals surface area contributed by atoms with Crippen molar-refractivity contribution in [2.45, 2.75) is 6.42 Å². The van der Waals surface area contributed by atoms with Crippen molar-refractivity contribution in [3.05, 3.63) is 36.0 Å². The Labute approximate surface area is 106 Å². The van der Waals surface area contributed by atoms with Gasteiger partial charge in [-0.2, -0.15) is 13.1 Å². The van der Waals surface area contributed by atoms with Gasteiger partial charge in [0.15, 0.2) is 0 Å². The Morgan fingerprint density at radius 3 is 2.72 bits per heavy atom. The monoisotopic (exact) mass is 268 g/mol. The molecule has 2 aromatic rings. The number of benzene rings is 1. The summed E-state index contributed by atoms with van der Waals surface area (Å²) in [6.07, 6.45) is 3.58. The Kier molecular flexibility index (Phi) is 3.58. The lowest BCUT2D eigenvalue weighted by molar-refractivity contribution is 0.295. The lowest BCUT2D eigenvalue weighted by atomic mass is 10.1.